The molecule has 1 fully saturated rings. The molecule has 1 aromatic heterocycles. The predicted octanol–water partition coefficient (Wildman–Crippen LogP) is 4.12. The van der Waals surface area contributed by atoms with Gasteiger partial charge in [0.15, 0.2) is 0 Å². The lowest BCUT2D eigenvalue weighted by Crippen LogP contribution is -2.25. The Morgan fingerprint density at radius 3 is 2.37 bits per heavy atom. The van der Waals surface area contributed by atoms with Gasteiger partial charge in [0.2, 0.25) is 0 Å². The van der Waals surface area contributed by atoms with Gasteiger partial charge in [-0.25, -0.2) is 4.68 Å². The monoisotopic (exact) mass is 474 g/mol. The highest BCUT2D eigenvalue weighted by Gasteiger charge is 2.16. The van der Waals surface area contributed by atoms with E-state index in [-0.39, 0.29) is 11.9 Å². The van der Waals surface area contributed by atoms with Gasteiger partial charge < -0.3 is 10.1 Å². The highest BCUT2D eigenvalue weighted by Crippen LogP contribution is 2.20. The van der Waals surface area contributed by atoms with E-state index in [1.807, 2.05) is 48.9 Å². The molecule has 2 heterocycles. The van der Waals surface area contributed by atoms with Crippen LogP contribution in [-0.4, -0.2) is 46.8 Å². The SMILES string of the molecule is COC(=O)CCc1c(C)nn(-c2ccc(C(=O)NCc3ccccc3CN3CCCC3)cc2)c1C. The second kappa shape index (κ2) is 11.3. The number of hydrogen-bond donors (Lipinski definition) is 1. The molecule has 1 amide bonds. The Morgan fingerprint density at radius 2 is 1.69 bits per heavy atom. The van der Waals surface area contributed by atoms with E-state index in [1.54, 1.807) is 0 Å². The van der Waals surface area contributed by atoms with Gasteiger partial charge in [0.1, 0.15) is 0 Å². The standard InChI is InChI=1S/C28H34N4O3/c1-20-26(14-15-27(33)35-3)21(2)32(30-20)25-12-10-22(11-13-25)28(34)29-18-23-8-4-5-9-24(23)19-31-16-6-7-17-31/h4-5,8-13H,6-7,14-19H2,1-3H3,(H,29,34). The van der Waals surface area contributed by atoms with Gasteiger partial charge in [-0.2, -0.15) is 5.10 Å². The van der Waals surface area contributed by atoms with E-state index in [9.17, 15) is 9.59 Å². The zero-order chi connectivity index (χ0) is 24.8. The minimum atomic E-state index is -0.231. The second-order valence-electron chi connectivity index (χ2n) is 9.12. The number of carbonyl (C=O) groups is 2. The zero-order valence-electron chi connectivity index (χ0n) is 20.8. The molecule has 0 bridgehead atoms. The maximum absolute atomic E-state index is 12.8. The largest absolute Gasteiger partial charge is 0.469 e. The topological polar surface area (TPSA) is 76.5 Å². The fraction of sp³-hybridized carbons (Fsp3) is 0.393. The fourth-order valence-corrected chi connectivity index (χ4v) is 4.71. The first-order valence-corrected chi connectivity index (χ1v) is 12.3. The van der Waals surface area contributed by atoms with Crippen molar-refractivity contribution in [2.45, 2.75) is 52.6 Å². The van der Waals surface area contributed by atoms with Crippen LogP contribution in [0.25, 0.3) is 5.69 Å². The minimum Gasteiger partial charge on any atom is -0.469 e. The number of hydrogen-bond acceptors (Lipinski definition) is 5. The third-order valence-corrected chi connectivity index (χ3v) is 6.77. The molecule has 184 valence electrons. The number of amides is 1. The van der Waals surface area contributed by atoms with Gasteiger partial charge in [0.25, 0.3) is 5.91 Å². The molecule has 0 saturated carbocycles. The average molecular weight is 475 g/mol. The molecule has 4 rings (SSSR count). The van der Waals surface area contributed by atoms with Crippen LogP contribution in [0.3, 0.4) is 0 Å². The first kappa shape index (κ1) is 24.7. The normalized spacial score (nSPS) is 13.7. The molecule has 0 unspecified atom stereocenters. The second-order valence-corrected chi connectivity index (χ2v) is 9.12. The van der Waals surface area contributed by atoms with Crippen LogP contribution in [0.4, 0.5) is 0 Å². The van der Waals surface area contributed by atoms with Crippen molar-refractivity contribution in [2.24, 2.45) is 0 Å². The molecule has 0 atom stereocenters. The summed E-state index contributed by atoms with van der Waals surface area (Å²) in [5.41, 5.74) is 6.84. The Labute approximate surface area is 207 Å². The zero-order valence-corrected chi connectivity index (χ0v) is 20.8. The molecule has 0 aliphatic carbocycles. The molecular formula is C28H34N4O3. The number of esters is 1. The van der Waals surface area contributed by atoms with Gasteiger partial charge in [-0.1, -0.05) is 24.3 Å². The van der Waals surface area contributed by atoms with E-state index in [2.05, 4.69) is 33.5 Å². The van der Waals surface area contributed by atoms with Gasteiger partial charge in [-0.05, 0) is 87.2 Å². The van der Waals surface area contributed by atoms with Crippen molar-refractivity contribution in [1.29, 1.82) is 0 Å². The summed E-state index contributed by atoms with van der Waals surface area (Å²) in [6, 6.07) is 15.8. The lowest BCUT2D eigenvalue weighted by atomic mass is 10.1. The summed E-state index contributed by atoms with van der Waals surface area (Å²) in [7, 11) is 1.40. The van der Waals surface area contributed by atoms with E-state index in [0.29, 0.717) is 24.9 Å². The summed E-state index contributed by atoms with van der Waals surface area (Å²) in [6.45, 7) is 7.67. The highest BCUT2D eigenvalue weighted by molar-refractivity contribution is 5.94. The summed E-state index contributed by atoms with van der Waals surface area (Å²) in [6.07, 6.45) is 3.44. The van der Waals surface area contributed by atoms with Crippen molar-refractivity contribution in [3.05, 3.63) is 82.2 Å². The summed E-state index contributed by atoms with van der Waals surface area (Å²) < 4.78 is 6.62. The van der Waals surface area contributed by atoms with Crippen LogP contribution in [0.15, 0.2) is 48.5 Å². The number of aromatic nitrogens is 2. The molecule has 1 N–H and O–H groups in total. The average Bonchev–Trinajstić information content (AvgIpc) is 3.49. The molecule has 35 heavy (non-hydrogen) atoms. The number of aryl methyl sites for hydroxylation is 1. The molecule has 3 aromatic rings. The number of methoxy groups -OCH3 is 1. The van der Waals surface area contributed by atoms with E-state index in [4.69, 9.17) is 4.74 Å². The van der Waals surface area contributed by atoms with Gasteiger partial charge in [-0.15, -0.1) is 0 Å². The van der Waals surface area contributed by atoms with E-state index in [0.717, 1.165) is 47.8 Å². The maximum Gasteiger partial charge on any atom is 0.305 e. The van der Waals surface area contributed by atoms with Crippen LogP contribution >= 0.6 is 0 Å². The Hall–Kier alpha value is -3.45. The third-order valence-electron chi connectivity index (χ3n) is 6.77. The molecule has 1 saturated heterocycles. The van der Waals surface area contributed by atoms with Gasteiger partial charge in [-0.3, -0.25) is 14.5 Å². The van der Waals surface area contributed by atoms with Crippen LogP contribution in [0.5, 0.6) is 0 Å². The Bertz CT molecular complexity index is 1180. The number of likely N-dealkylation sites (tertiary alicyclic amines) is 1. The maximum atomic E-state index is 12.8. The molecule has 0 spiro atoms. The van der Waals surface area contributed by atoms with Crippen molar-refractivity contribution in [2.75, 3.05) is 20.2 Å². The molecule has 7 nitrogen and oxygen atoms in total. The van der Waals surface area contributed by atoms with Gasteiger partial charge in [0, 0.05) is 30.8 Å². The van der Waals surface area contributed by atoms with Crippen LogP contribution in [0, 0.1) is 13.8 Å². The quantitative estimate of drug-likeness (QED) is 0.472. The van der Waals surface area contributed by atoms with Crippen molar-refractivity contribution in [3.8, 4) is 5.69 Å². The first-order chi connectivity index (χ1) is 17.0. The Kier molecular flexibility index (Phi) is 7.98. The lowest BCUT2D eigenvalue weighted by Gasteiger charge is -2.17. The van der Waals surface area contributed by atoms with Crippen LogP contribution in [0.1, 0.15) is 57.7 Å². The number of carbonyl (C=O) groups excluding carboxylic acids is 2. The Morgan fingerprint density at radius 1 is 1.00 bits per heavy atom. The molecule has 1 aliphatic heterocycles. The van der Waals surface area contributed by atoms with Crippen LogP contribution in [-0.2, 0) is 29.0 Å². The fourth-order valence-electron chi connectivity index (χ4n) is 4.71. The number of nitrogens with one attached hydrogen (secondary N) is 1. The number of nitrogens with zero attached hydrogens (tertiary/aromatic N) is 3. The third kappa shape index (κ3) is 5.98. The summed E-state index contributed by atoms with van der Waals surface area (Å²) in [4.78, 5) is 26.8. The molecule has 0 radical (unpaired) electrons. The number of benzene rings is 2. The van der Waals surface area contributed by atoms with E-state index >= 15 is 0 Å². The molecule has 1 aliphatic rings. The van der Waals surface area contributed by atoms with Gasteiger partial charge in [0.05, 0.1) is 18.5 Å². The number of rotatable bonds is 9. The Balaban J connectivity index is 1.40. The van der Waals surface area contributed by atoms with E-state index in [1.165, 1.54) is 25.5 Å². The first-order valence-electron chi connectivity index (χ1n) is 12.3. The summed E-state index contributed by atoms with van der Waals surface area (Å²) in [5.74, 6) is -0.328. The smallest absolute Gasteiger partial charge is 0.305 e. The van der Waals surface area contributed by atoms with Crippen LogP contribution in [0.2, 0.25) is 0 Å². The van der Waals surface area contributed by atoms with Gasteiger partial charge >= 0.3 is 5.97 Å². The minimum absolute atomic E-state index is 0.0975. The number of ether oxygens (including phenoxy) is 1. The van der Waals surface area contributed by atoms with Crippen molar-refractivity contribution in [1.82, 2.24) is 20.0 Å². The molecule has 7 heteroatoms. The molecule has 2 aromatic carbocycles. The van der Waals surface area contributed by atoms with Crippen LogP contribution < -0.4 is 5.32 Å². The van der Waals surface area contributed by atoms with Crippen molar-refractivity contribution in [3.63, 3.8) is 0 Å². The molecular weight excluding hydrogens is 440 g/mol. The highest BCUT2D eigenvalue weighted by atomic mass is 16.5. The van der Waals surface area contributed by atoms with Crippen molar-refractivity contribution >= 4 is 11.9 Å². The van der Waals surface area contributed by atoms with E-state index < -0.39 is 0 Å². The summed E-state index contributed by atoms with van der Waals surface area (Å²) in [5, 5.41) is 7.72. The summed E-state index contributed by atoms with van der Waals surface area (Å²) >= 11 is 0. The predicted molar refractivity (Wildman–Crippen MR) is 135 cm³/mol. The van der Waals surface area contributed by atoms with Crippen molar-refractivity contribution < 1.29 is 14.3 Å². The lowest BCUT2D eigenvalue weighted by molar-refractivity contribution is -0.140.